The van der Waals surface area contributed by atoms with E-state index in [1.54, 1.807) is 0 Å². The van der Waals surface area contributed by atoms with Crippen LogP contribution in [-0.4, -0.2) is 48.9 Å². The van der Waals surface area contributed by atoms with Gasteiger partial charge in [-0.2, -0.15) is 15.0 Å². The second-order valence-electron chi connectivity index (χ2n) is 7.52. The number of benzene rings is 1. The number of nitrogen functional groups attached to an aromatic ring is 1. The van der Waals surface area contributed by atoms with E-state index < -0.39 is 0 Å². The van der Waals surface area contributed by atoms with Gasteiger partial charge in [-0.05, 0) is 43.4 Å². The van der Waals surface area contributed by atoms with Gasteiger partial charge >= 0.3 is 0 Å². The highest BCUT2D eigenvalue weighted by atomic mass is 16.2. The minimum absolute atomic E-state index is 0.0462. The van der Waals surface area contributed by atoms with Crippen molar-refractivity contribution >= 4 is 22.9 Å². The molecule has 2 N–H and O–H groups in total. The lowest BCUT2D eigenvalue weighted by Crippen LogP contribution is -2.49. The lowest BCUT2D eigenvalue weighted by atomic mass is 9.77. The fourth-order valence-electron chi connectivity index (χ4n) is 4.49. The number of aromatic nitrogens is 5. The third-order valence-corrected chi connectivity index (χ3v) is 5.79. The molecule has 2 aliphatic rings. The largest absolute Gasteiger partial charge is 0.368 e. The molecule has 0 bridgehead atoms. The van der Waals surface area contributed by atoms with Gasteiger partial charge in [0.15, 0.2) is 0 Å². The number of amides is 1. The summed E-state index contributed by atoms with van der Waals surface area (Å²) in [6, 6.07) is 7.64. The van der Waals surface area contributed by atoms with Crippen LogP contribution >= 0.6 is 0 Å². The average molecular weight is 363 g/mol. The van der Waals surface area contributed by atoms with Crippen molar-refractivity contribution in [2.24, 2.45) is 0 Å². The Morgan fingerprint density at radius 3 is 2.74 bits per heavy atom. The van der Waals surface area contributed by atoms with E-state index in [9.17, 15) is 4.79 Å². The minimum atomic E-state index is -0.0947. The summed E-state index contributed by atoms with van der Waals surface area (Å²) in [7, 11) is 0. The van der Waals surface area contributed by atoms with Crippen molar-refractivity contribution < 1.29 is 4.79 Å². The van der Waals surface area contributed by atoms with E-state index in [2.05, 4.69) is 20.2 Å². The van der Waals surface area contributed by atoms with Gasteiger partial charge < -0.3 is 10.6 Å². The molecule has 3 aromatic rings. The number of fused-ring (bicyclic) bond motifs is 3. The first-order chi connectivity index (χ1) is 13.1. The second kappa shape index (κ2) is 6.00. The third kappa shape index (κ3) is 2.72. The molecule has 138 valence electrons. The number of likely N-dealkylation sites (tertiary alicyclic amines) is 1. The summed E-state index contributed by atoms with van der Waals surface area (Å²) in [6.07, 6.45) is 5.78. The Labute approximate surface area is 156 Å². The van der Waals surface area contributed by atoms with Crippen LogP contribution in [0.1, 0.15) is 30.5 Å². The van der Waals surface area contributed by atoms with Crippen molar-refractivity contribution in [1.29, 1.82) is 0 Å². The Morgan fingerprint density at radius 2 is 1.96 bits per heavy atom. The van der Waals surface area contributed by atoms with Crippen LogP contribution in [0.5, 0.6) is 0 Å². The van der Waals surface area contributed by atoms with Gasteiger partial charge in [-0.1, -0.05) is 12.1 Å². The van der Waals surface area contributed by atoms with Crippen molar-refractivity contribution in [1.82, 2.24) is 29.9 Å². The summed E-state index contributed by atoms with van der Waals surface area (Å²) < 4.78 is 0. The first kappa shape index (κ1) is 16.2. The van der Waals surface area contributed by atoms with Crippen molar-refractivity contribution in [3.63, 3.8) is 0 Å². The normalized spacial score (nSPS) is 21.7. The number of piperidine rings is 1. The van der Waals surface area contributed by atoms with Crippen molar-refractivity contribution in [2.45, 2.75) is 37.6 Å². The zero-order valence-electron chi connectivity index (χ0n) is 15.0. The van der Waals surface area contributed by atoms with E-state index in [-0.39, 0.29) is 17.9 Å². The molecule has 1 fully saturated rings. The molecule has 27 heavy (non-hydrogen) atoms. The van der Waals surface area contributed by atoms with Crippen LogP contribution in [0.3, 0.4) is 0 Å². The number of carbonyl (C=O) groups excluding carboxylic acids is 1. The summed E-state index contributed by atoms with van der Waals surface area (Å²) in [5, 5.41) is 8.81. The first-order valence-electron chi connectivity index (χ1n) is 9.33. The molecule has 8 nitrogen and oxygen atoms in total. The molecule has 0 radical (unpaired) electrons. The quantitative estimate of drug-likeness (QED) is 0.736. The number of hydrogen-bond donors (Lipinski definition) is 1. The molecule has 1 saturated heterocycles. The minimum Gasteiger partial charge on any atom is -0.368 e. The number of aryl methyl sites for hydroxylation is 1. The molecule has 2 aromatic heterocycles. The molecule has 1 amide bonds. The summed E-state index contributed by atoms with van der Waals surface area (Å²) in [6.45, 7) is 1.59. The van der Waals surface area contributed by atoms with Crippen LogP contribution < -0.4 is 5.73 Å². The fourth-order valence-corrected chi connectivity index (χ4v) is 4.49. The molecule has 1 spiro atoms. The van der Waals surface area contributed by atoms with Gasteiger partial charge in [-0.15, -0.1) is 0 Å². The third-order valence-electron chi connectivity index (χ3n) is 5.79. The molecule has 1 atom stereocenters. The van der Waals surface area contributed by atoms with Gasteiger partial charge in [0.25, 0.3) is 0 Å². The summed E-state index contributed by atoms with van der Waals surface area (Å²) >= 11 is 0. The van der Waals surface area contributed by atoms with Crippen LogP contribution in [0.25, 0.3) is 11.0 Å². The molecule has 5 rings (SSSR count). The van der Waals surface area contributed by atoms with Crippen molar-refractivity contribution in [2.75, 3.05) is 18.8 Å². The lowest BCUT2D eigenvalue weighted by molar-refractivity contribution is -0.134. The zero-order valence-corrected chi connectivity index (χ0v) is 15.0. The van der Waals surface area contributed by atoms with Gasteiger partial charge in [-0.25, -0.2) is 9.97 Å². The monoisotopic (exact) mass is 363 g/mol. The second-order valence-corrected chi connectivity index (χ2v) is 7.52. The standard InChI is InChI=1S/C19H21N7O/c20-18-21-10-13-6-8-19(17(13)22-18)7-3-9-25(12-19)16(27)11-26-23-14-4-1-2-5-15(14)24-26/h1-2,4-5,10H,3,6-9,11-12H2,(H2,20,21,22). The molecular formula is C19H21N7O. The number of anilines is 1. The fraction of sp³-hybridized carbons (Fsp3) is 0.421. The molecular weight excluding hydrogens is 342 g/mol. The molecule has 1 aromatic carbocycles. The van der Waals surface area contributed by atoms with Crippen molar-refractivity contribution in [3.8, 4) is 0 Å². The maximum absolute atomic E-state index is 12.9. The van der Waals surface area contributed by atoms with Crippen LogP contribution in [0.4, 0.5) is 5.95 Å². The van der Waals surface area contributed by atoms with Crippen LogP contribution in [0, 0.1) is 0 Å². The highest BCUT2D eigenvalue weighted by Crippen LogP contribution is 2.44. The Hall–Kier alpha value is -3.03. The number of carbonyl (C=O) groups is 1. The average Bonchev–Trinajstić information content (AvgIpc) is 3.23. The van der Waals surface area contributed by atoms with E-state index in [1.165, 1.54) is 10.4 Å². The van der Waals surface area contributed by atoms with Gasteiger partial charge in [-0.3, -0.25) is 4.79 Å². The highest BCUT2D eigenvalue weighted by molar-refractivity contribution is 5.77. The summed E-state index contributed by atoms with van der Waals surface area (Å²) in [5.74, 6) is 0.357. The van der Waals surface area contributed by atoms with Gasteiger partial charge in [0.1, 0.15) is 17.6 Å². The predicted octanol–water partition coefficient (Wildman–Crippen LogP) is 1.31. The van der Waals surface area contributed by atoms with E-state index in [4.69, 9.17) is 5.73 Å². The van der Waals surface area contributed by atoms with Gasteiger partial charge in [0.2, 0.25) is 11.9 Å². The van der Waals surface area contributed by atoms with Gasteiger partial charge in [0.05, 0.1) is 5.69 Å². The molecule has 0 saturated carbocycles. The topological polar surface area (TPSA) is 103 Å². The van der Waals surface area contributed by atoms with E-state index in [0.29, 0.717) is 12.5 Å². The molecule has 3 heterocycles. The van der Waals surface area contributed by atoms with Crippen LogP contribution in [0.15, 0.2) is 30.5 Å². The molecule has 1 aliphatic carbocycles. The SMILES string of the molecule is Nc1ncc2c(n1)C1(CCCN(C(=O)Cn3nc4ccccc4n3)C1)CC2. The maximum Gasteiger partial charge on any atom is 0.246 e. The number of rotatable bonds is 2. The number of nitrogens with two attached hydrogens (primary N) is 1. The summed E-state index contributed by atoms with van der Waals surface area (Å²) in [4.78, 5) is 25.0. The number of hydrogen-bond acceptors (Lipinski definition) is 6. The number of nitrogens with zero attached hydrogens (tertiary/aromatic N) is 6. The Kier molecular flexibility index (Phi) is 3.60. The Morgan fingerprint density at radius 1 is 1.19 bits per heavy atom. The lowest BCUT2D eigenvalue weighted by Gasteiger charge is -2.40. The highest BCUT2D eigenvalue weighted by Gasteiger charge is 2.44. The molecule has 1 unspecified atom stereocenters. The van der Waals surface area contributed by atoms with Gasteiger partial charge in [0, 0.05) is 24.7 Å². The van der Waals surface area contributed by atoms with Crippen LogP contribution in [0.2, 0.25) is 0 Å². The van der Waals surface area contributed by atoms with E-state index in [1.807, 2.05) is 35.4 Å². The van der Waals surface area contributed by atoms with E-state index in [0.717, 1.165) is 49.0 Å². The Balaban J connectivity index is 1.37. The smallest absolute Gasteiger partial charge is 0.246 e. The first-order valence-corrected chi connectivity index (χ1v) is 9.33. The maximum atomic E-state index is 12.9. The predicted molar refractivity (Wildman–Crippen MR) is 99.8 cm³/mol. The molecule has 8 heteroatoms. The summed E-state index contributed by atoms with van der Waals surface area (Å²) in [5.41, 5.74) is 9.55. The zero-order chi connectivity index (χ0) is 18.4. The van der Waals surface area contributed by atoms with Crippen LogP contribution in [-0.2, 0) is 23.2 Å². The Bertz CT molecular complexity index is 993. The van der Waals surface area contributed by atoms with Crippen molar-refractivity contribution in [3.05, 3.63) is 41.7 Å². The molecule has 1 aliphatic heterocycles. The van der Waals surface area contributed by atoms with E-state index >= 15 is 0 Å².